The third-order valence-electron chi connectivity index (χ3n) is 3.09. The van der Waals surface area contributed by atoms with Crippen molar-refractivity contribution < 1.29 is 4.79 Å². The third kappa shape index (κ3) is 6.41. The number of nitrogens with zero attached hydrogens (tertiary/aromatic N) is 2. The minimum absolute atomic E-state index is 0. The van der Waals surface area contributed by atoms with Crippen molar-refractivity contribution in [2.45, 2.75) is 45.2 Å². The molecule has 0 aromatic carbocycles. The Bertz CT molecular complexity index is 377. The first-order valence-corrected chi connectivity index (χ1v) is 6.73. The number of amides is 1. The average molecular weight is 393 g/mol. The van der Waals surface area contributed by atoms with Crippen molar-refractivity contribution in [1.29, 1.82) is 5.26 Å². The lowest BCUT2D eigenvalue weighted by Gasteiger charge is -2.19. The summed E-state index contributed by atoms with van der Waals surface area (Å²) in [5.74, 6) is 0.537. The number of carbonyl (C=O) groups is 1. The molecular weight excluding hydrogens is 369 g/mol. The van der Waals surface area contributed by atoms with Gasteiger partial charge in [0.25, 0.3) is 0 Å². The fourth-order valence-corrected chi connectivity index (χ4v) is 2.19. The molecule has 7 heteroatoms. The Morgan fingerprint density at radius 3 is 2.70 bits per heavy atom. The van der Waals surface area contributed by atoms with Gasteiger partial charge in [0, 0.05) is 19.1 Å². The van der Waals surface area contributed by atoms with Gasteiger partial charge in [-0.3, -0.25) is 9.79 Å². The molecule has 2 unspecified atom stereocenters. The topological polar surface area (TPSA) is 89.3 Å². The lowest BCUT2D eigenvalue weighted by molar-refractivity contribution is -0.120. The van der Waals surface area contributed by atoms with Crippen LogP contribution in [0.5, 0.6) is 0 Å². The highest BCUT2D eigenvalue weighted by Gasteiger charge is 2.27. The highest BCUT2D eigenvalue weighted by molar-refractivity contribution is 14.0. The van der Waals surface area contributed by atoms with Crippen LogP contribution in [0, 0.1) is 17.2 Å². The molecule has 1 aliphatic rings. The molecular formula is C13H24IN5O. The van der Waals surface area contributed by atoms with Crippen LogP contribution < -0.4 is 16.0 Å². The van der Waals surface area contributed by atoms with Crippen molar-refractivity contribution in [2.75, 3.05) is 13.6 Å². The van der Waals surface area contributed by atoms with Crippen molar-refractivity contribution in [1.82, 2.24) is 16.0 Å². The molecule has 0 saturated heterocycles. The predicted octanol–water partition coefficient (Wildman–Crippen LogP) is 0.986. The van der Waals surface area contributed by atoms with Crippen molar-refractivity contribution in [3.8, 4) is 6.07 Å². The van der Waals surface area contributed by atoms with E-state index in [-0.39, 0.29) is 54.4 Å². The largest absolute Gasteiger partial charge is 0.352 e. The maximum atomic E-state index is 11.5. The first-order valence-electron chi connectivity index (χ1n) is 6.73. The van der Waals surface area contributed by atoms with Gasteiger partial charge in [-0.1, -0.05) is 0 Å². The van der Waals surface area contributed by atoms with Crippen LogP contribution in [0.4, 0.5) is 0 Å². The molecule has 3 N–H and O–H groups in total. The summed E-state index contributed by atoms with van der Waals surface area (Å²) in [6.45, 7) is 4.02. The zero-order valence-corrected chi connectivity index (χ0v) is 14.6. The molecule has 114 valence electrons. The second kappa shape index (κ2) is 9.80. The summed E-state index contributed by atoms with van der Waals surface area (Å²) in [7, 11) is 1.66. The SMILES string of the molecule is CN=C(NCC(=O)NC(C)C)NC1CCCC1C#N.I. The van der Waals surface area contributed by atoms with Crippen LogP contribution in [0.25, 0.3) is 0 Å². The maximum Gasteiger partial charge on any atom is 0.239 e. The van der Waals surface area contributed by atoms with Gasteiger partial charge in [0.15, 0.2) is 5.96 Å². The molecule has 6 nitrogen and oxygen atoms in total. The monoisotopic (exact) mass is 393 g/mol. The Hall–Kier alpha value is -1.04. The van der Waals surface area contributed by atoms with E-state index in [0.717, 1.165) is 19.3 Å². The lowest BCUT2D eigenvalue weighted by atomic mass is 10.1. The summed E-state index contributed by atoms with van der Waals surface area (Å²) in [5.41, 5.74) is 0. The average Bonchev–Trinajstić information content (AvgIpc) is 2.80. The van der Waals surface area contributed by atoms with Gasteiger partial charge in [-0.2, -0.15) is 5.26 Å². The number of guanidine groups is 1. The summed E-state index contributed by atoms with van der Waals surface area (Å²) in [5, 5.41) is 18.0. The van der Waals surface area contributed by atoms with E-state index >= 15 is 0 Å². The molecule has 1 aliphatic carbocycles. The summed E-state index contributed by atoms with van der Waals surface area (Å²) in [4.78, 5) is 15.6. The summed E-state index contributed by atoms with van der Waals surface area (Å²) < 4.78 is 0. The molecule has 0 aromatic rings. The van der Waals surface area contributed by atoms with E-state index in [1.54, 1.807) is 7.05 Å². The van der Waals surface area contributed by atoms with Crippen molar-refractivity contribution in [2.24, 2.45) is 10.9 Å². The molecule has 0 aromatic heterocycles. The minimum Gasteiger partial charge on any atom is -0.352 e. The van der Waals surface area contributed by atoms with E-state index in [1.807, 2.05) is 13.8 Å². The maximum absolute atomic E-state index is 11.5. The smallest absolute Gasteiger partial charge is 0.239 e. The number of nitriles is 1. The zero-order valence-electron chi connectivity index (χ0n) is 12.3. The molecule has 0 heterocycles. The molecule has 2 atom stereocenters. The minimum atomic E-state index is -0.0683. The number of hydrogen-bond donors (Lipinski definition) is 3. The van der Waals surface area contributed by atoms with Crippen LogP contribution in [0.2, 0.25) is 0 Å². The van der Waals surface area contributed by atoms with Crippen LogP contribution >= 0.6 is 24.0 Å². The van der Waals surface area contributed by atoms with Gasteiger partial charge in [-0.15, -0.1) is 24.0 Å². The van der Waals surface area contributed by atoms with Crippen LogP contribution in [-0.4, -0.2) is 37.5 Å². The zero-order chi connectivity index (χ0) is 14.3. The normalized spacial score (nSPS) is 21.9. The van der Waals surface area contributed by atoms with Crippen molar-refractivity contribution in [3.05, 3.63) is 0 Å². The highest BCUT2D eigenvalue weighted by Crippen LogP contribution is 2.24. The molecule has 1 saturated carbocycles. The fraction of sp³-hybridized carbons (Fsp3) is 0.769. The number of carbonyl (C=O) groups excluding carboxylic acids is 1. The first-order chi connectivity index (χ1) is 9.06. The standard InChI is InChI=1S/C13H23N5O.HI/c1-9(2)17-12(19)8-16-13(15-3)18-11-6-4-5-10(11)7-14;/h9-11H,4-6,8H2,1-3H3,(H,17,19)(H2,15,16,18);1H. The highest BCUT2D eigenvalue weighted by atomic mass is 127. The molecule has 20 heavy (non-hydrogen) atoms. The third-order valence-corrected chi connectivity index (χ3v) is 3.09. The van der Waals surface area contributed by atoms with Gasteiger partial charge >= 0.3 is 0 Å². The van der Waals surface area contributed by atoms with Crippen LogP contribution in [0.3, 0.4) is 0 Å². The molecule has 1 amide bonds. The van der Waals surface area contributed by atoms with Gasteiger partial charge in [0.05, 0.1) is 18.5 Å². The second-order valence-corrected chi connectivity index (χ2v) is 5.07. The molecule has 1 fully saturated rings. The Morgan fingerprint density at radius 2 is 2.15 bits per heavy atom. The predicted molar refractivity (Wildman–Crippen MR) is 89.9 cm³/mol. The summed E-state index contributed by atoms with van der Waals surface area (Å²) >= 11 is 0. The Labute approximate surface area is 137 Å². The Balaban J connectivity index is 0.00000361. The summed E-state index contributed by atoms with van der Waals surface area (Å²) in [6.07, 6.45) is 2.96. The van der Waals surface area contributed by atoms with Gasteiger partial charge < -0.3 is 16.0 Å². The fourth-order valence-electron chi connectivity index (χ4n) is 2.19. The van der Waals surface area contributed by atoms with Crippen molar-refractivity contribution >= 4 is 35.8 Å². The molecule has 0 aliphatic heterocycles. The molecule has 0 bridgehead atoms. The van der Waals surface area contributed by atoms with E-state index in [0.29, 0.717) is 5.96 Å². The Morgan fingerprint density at radius 1 is 1.45 bits per heavy atom. The van der Waals surface area contributed by atoms with E-state index < -0.39 is 0 Å². The number of halogens is 1. The summed E-state index contributed by atoms with van der Waals surface area (Å²) in [6, 6.07) is 2.57. The molecule has 0 radical (unpaired) electrons. The second-order valence-electron chi connectivity index (χ2n) is 5.07. The van der Waals surface area contributed by atoms with Gasteiger partial charge in [0.1, 0.15) is 0 Å². The van der Waals surface area contributed by atoms with Crippen LogP contribution in [0.15, 0.2) is 4.99 Å². The van der Waals surface area contributed by atoms with Gasteiger partial charge in [-0.05, 0) is 33.1 Å². The van der Waals surface area contributed by atoms with E-state index in [1.165, 1.54) is 0 Å². The number of aliphatic imine (C=N–C) groups is 1. The van der Waals surface area contributed by atoms with E-state index in [2.05, 4.69) is 27.0 Å². The van der Waals surface area contributed by atoms with Gasteiger partial charge in [-0.25, -0.2) is 0 Å². The number of hydrogen-bond acceptors (Lipinski definition) is 3. The van der Waals surface area contributed by atoms with Gasteiger partial charge in [0.2, 0.25) is 5.91 Å². The molecule has 0 spiro atoms. The van der Waals surface area contributed by atoms with E-state index in [9.17, 15) is 4.79 Å². The van der Waals surface area contributed by atoms with Crippen LogP contribution in [-0.2, 0) is 4.79 Å². The Kier molecular flexibility index (Phi) is 9.29. The number of rotatable bonds is 4. The number of nitrogens with one attached hydrogen (secondary N) is 3. The van der Waals surface area contributed by atoms with E-state index in [4.69, 9.17) is 5.26 Å². The quantitative estimate of drug-likeness (QED) is 0.378. The van der Waals surface area contributed by atoms with Crippen LogP contribution in [0.1, 0.15) is 33.1 Å². The van der Waals surface area contributed by atoms with Crippen molar-refractivity contribution in [3.63, 3.8) is 0 Å². The lowest BCUT2D eigenvalue weighted by Crippen LogP contribution is -2.48. The molecule has 1 rings (SSSR count). The first kappa shape index (κ1) is 19.0.